The first kappa shape index (κ1) is 15.3. The lowest BCUT2D eigenvalue weighted by Crippen LogP contribution is -2.12. The van der Waals surface area contributed by atoms with Crippen LogP contribution in [0, 0.1) is 0 Å². The van der Waals surface area contributed by atoms with Gasteiger partial charge >= 0.3 is 0 Å². The van der Waals surface area contributed by atoms with E-state index in [4.69, 9.17) is 4.74 Å². The van der Waals surface area contributed by atoms with E-state index in [-0.39, 0.29) is 5.56 Å². The number of rotatable bonds is 4. The van der Waals surface area contributed by atoms with Crippen molar-refractivity contribution in [3.05, 3.63) is 64.4 Å². The molecule has 0 aliphatic carbocycles. The van der Waals surface area contributed by atoms with Gasteiger partial charge in [0, 0.05) is 22.3 Å². The van der Waals surface area contributed by atoms with Gasteiger partial charge in [-0.3, -0.25) is 9.78 Å². The van der Waals surface area contributed by atoms with Crippen LogP contribution in [0.2, 0.25) is 0 Å². The standard InChI is InChI=1S/C18H14N4O2S/c1-24-12-6-4-11(5-7-12)20-18-21-16-15(17(23)22-18)13(8-9-19-16)14-3-2-10-25-14/h2-10H,1H3,(H2,19,20,21,22,23). The number of ether oxygens (including phenoxy) is 1. The third-order valence-electron chi connectivity index (χ3n) is 3.75. The van der Waals surface area contributed by atoms with Gasteiger partial charge in [0.25, 0.3) is 5.56 Å². The second kappa shape index (κ2) is 6.37. The minimum Gasteiger partial charge on any atom is -0.497 e. The van der Waals surface area contributed by atoms with Crippen LogP contribution in [0.1, 0.15) is 0 Å². The molecule has 0 amide bonds. The molecule has 0 aliphatic rings. The average molecular weight is 350 g/mol. The van der Waals surface area contributed by atoms with E-state index in [0.717, 1.165) is 21.9 Å². The van der Waals surface area contributed by atoms with Crippen LogP contribution >= 0.6 is 11.3 Å². The number of nitrogens with one attached hydrogen (secondary N) is 2. The molecular formula is C18H14N4O2S. The van der Waals surface area contributed by atoms with Crippen LogP contribution in [0.3, 0.4) is 0 Å². The molecule has 1 aromatic carbocycles. The van der Waals surface area contributed by atoms with Gasteiger partial charge in [-0.2, -0.15) is 4.98 Å². The number of pyridine rings is 1. The Bertz CT molecular complexity index is 1070. The van der Waals surface area contributed by atoms with Crippen molar-refractivity contribution >= 4 is 34.0 Å². The van der Waals surface area contributed by atoms with Crippen molar-refractivity contribution in [1.29, 1.82) is 0 Å². The highest BCUT2D eigenvalue weighted by molar-refractivity contribution is 7.13. The van der Waals surface area contributed by atoms with Gasteiger partial charge in [-0.1, -0.05) is 6.07 Å². The van der Waals surface area contributed by atoms with Gasteiger partial charge in [-0.15, -0.1) is 11.3 Å². The van der Waals surface area contributed by atoms with Crippen LogP contribution in [0.25, 0.3) is 21.5 Å². The maximum atomic E-state index is 12.6. The summed E-state index contributed by atoms with van der Waals surface area (Å²) in [6.45, 7) is 0. The van der Waals surface area contributed by atoms with Gasteiger partial charge in [0.05, 0.1) is 12.5 Å². The average Bonchev–Trinajstić information content (AvgIpc) is 3.16. The highest BCUT2D eigenvalue weighted by Gasteiger charge is 2.12. The fourth-order valence-corrected chi connectivity index (χ4v) is 3.33. The van der Waals surface area contributed by atoms with E-state index in [0.29, 0.717) is 17.0 Å². The second-order valence-electron chi connectivity index (χ2n) is 5.30. The zero-order valence-corrected chi connectivity index (χ0v) is 14.1. The lowest BCUT2D eigenvalue weighted by Gasteiger charge is -2.08. The summed E-state index contributed by atoms with van der Waals surface area (Å²) in [5, 5.41) is 5.55. The van der Waals surface area contributed by atoms with E-state index in [2.05, 4.69) is 20.3 Å². The Morgan fingerprint density at radius 1 is 1.16 bits per heavy atom. The number of hydrogen-bond acceptors (Lipinski definition) is 6. The van der Waals surface area contributed by atoms with Crippen LogP contribution in [0.15, 0.2) is 58.8 Å². The Morgan fingerprint density at radius 2 is 2.00 bits per heavy atom. The number of aromatic nitrogens is 3. The fraction of sp³-hybridized carbons (Fsp3) is 0.0556. The van der Waals surface area contributed by atoms with E-state index >= 15 is 0 Å². The van der Waals surface area contributed by atoms with Gasteiger partial charge < -0.3 is 10.1 Å². The predicted molar refractivity (Wildman–Crippen MR) is 99.7 cm³/mol. The molecule has 0 saturated heterocycles. The normalized spacial score (nSPS) is 10.8. The van der Waals surface area contributed by atoms with Crippen LogP contribution in [-0.2, 0) is 0 Å². The Hall–Kier alpha value is -3.19. The number of anilines is 2. The Morgan fingerprint density at radius 3 is 2.72 bits per heavy atom. The van der Waals surface area contributed by atoms with Gasteiger partial charge in [0.15, 0.2) is 5.65 Å². The zero-order valence-electron chi connectivity index (χ0n) is 13.3. The van der Waals surface area contributed by atoms with Gasteiger partial charge in [0.1, 0.15) is 5.75 Å². The molecule has 0 unspecified atom stereocenters. The maximum absolute atomic E-state index is 12.6. The van der Waals surface area contributed by atoms with Crippen LogP contribution in [0.4, 0.5) is 11.6 Å². The lowest BCUT2D eigenvalue weighted by atomic mass is 10.1. The molecule has 7 heteroatoms. The molecule has 0 atom stereocenters. The van der Waals surface area contributed by atoms with Crippen LogP contribution < -0.4 is 15.6 Å². The van der Waals surface area contributed by atoms with Crippen molar-refractivity contribution in [1.82, 2.24) is 15.0 Å². The minimum atomic E-state index is -0.225. The molecule has 0 fully saturated rings. The smallest absolute Gasteiger partial charge is 0.262 e. The first-order valence-electron chi connectivity index (χ1n) is 7.58. The van der Waals surface area contributed by atoms with E-state index in [1.807, 2.05) is 47.8 Å². The van der Waals surface area contributed by atoms with E-state index in [1.165, 1.54) is 0 Å². The maximum Gasteiger partial charge on any atom is 0.262 e. The third-order valence-corrected chi connectivity index (χ3v) is 4.65. The molecule has 0 spiro atoms. The number of nitrogens with zero attached hydrogens (tertiary/aromatic N) is 2. The largest absolute Gasteiger partial charge is 0.497 e. The first-order chi connectivity index (χ1) is 12.2. The fourth-order valence-electron chi connectivity index (χ4n) is 2.57. The first-order valence-corrected chi connectivity index (χ1v) is 8.46. The molecule has 0 bridgehead atoms. The van der Waals surface area contributed by atoms with Crippen molar-refractivity contribution in [3.8, 4) is 16.2 Å². The summed E-state index contributed by atoms with van der Waals surface area (Å²) >= 11 is 1.57. The second-order valence-corrected chi connectivity index (χ2v) is 6.25. The van der Waals surface area contributed by atoms with Crippen molar-refractivity contribution in [3.63, 3.8) is 0 Å². The monoisotopic (exact) mass is 350 g/mol. The molecule has 4 rings (SSSR count). The summed E-state index contributed by atoms with van der Waals surface area (Å²) in [5.41, 5.74) is 1.81. The number of aromatic amines is 1. The highest BCUT2D eigenvalue weighted by Crippen LogP contribution is 2.28. The summed E-state index contributed by atoms with van der Waals surface area (Å²) < 4.78 is 5.13. The van der Waals surface area contributed by atoms with Gasteiger partial charge in [-0.25, -0.2) is 4.98 Å². The Kier molecular flexibility index (Phi) is 3.91. The number of methoxy groups -OCH3 is 1. The molecule has 0 saturated carbocycles. The Balaban J connectivity index is 1.76. The van der Waals surface area contributed by atoms with Crippen LogP contribution in [0.5, 0.6) is 5.75 Å². The molecule has 2 N–H and O–H groups in total. The molecular weight excluding hydrogens is 336 g/mol. The summed E-state index contributed by atoms with van der Waals surface area (Å²) in [5.74, 6) is 1.10. The SMILES string of the molecule is COc1ccc(Nc2nc3nccc(-c4cccs4)c3c(=O)[nH]2)cc1. The van der Waals surface area contributed by atoms with E-state index in [9.17, 15) is 4.79 Å². The topological polar surface area (TPSA) is 79.9 Å². The van der Waals surface area contributed by atoms with E-state index < -0.39 is 0 Å². The molecule has 25 heavy (non-hydrogen) atoms. The molecule has 3 aromatic heterocycles. The van der Waals surface area contributed by atoms with Crippen LogP contribution in [-0.4, -0.2) is 22.1 Å². The third kappa shape index (κ3) is 2.97. The molecule has 124 valence electrons. The molecule has 4 aromatic rings. The Labute approximate surface area is 147 Å². The summed E-state index contributed by atoms with van der Waals surface area (Å²) in [4.78, 5) is 25.1. The lowest BCUT2D eigenvalue weighted by molar-refractivity contribution is 0.415. The summed E-state index contributed by atoms with van der Waals surface area (Å²) in [7, 11) is 1.61. The summed E-state index contributed by atoms with van der Waals surface area (Å²) in [6.07, 6.45) is 1.67. The van der Waals surface area contributed by atoms with Crippen molar-refractivity contribution < 1.29 is 4.74 Å². The van der Waals surface area contributed by atoms with Gasteiger partial charge in [0.2, 0.25) is 5.95 Å². The van der Waals surface area contributed by atoms with Crippen molar-refractivity contribution in [2.75, 3.05) is 12.4 Å². The quantitative estimate of drug-likeness (QED) is 0.585. The predicted octanol–water partition coefficient (Wildman–Crippen LogP) is 3.80. The number of H-pyrrole nitrogens is 1. The molecule has 3 heterocycles. The van der Waals surface area contributed by atoms with Crippen molar-refractivity contribution in [2.45, 2.75) is 0 Å². The molecule has 0 aliphatic heterocycles. The van der Waals surface area contributed by atoms with E-state index in [1.54, 1.807) is 24.6 Å². The number of hydrogen-bond donors (Lipinski definition) is 2. The number of benzene rings is 1. The summed E-state index contributed by atoms with van der Waals surface area (Å²) in [6, 6.07) is 13.1. The minimum absolute atomic E-state index is 0.225. The van der Waals surface area contributed by atoms with Crippen molar-refractivity contribution in [2.24, 2.45) is 0 Å². The van der Waals surface area contributed by atoms with Gasteiger partial charge in [-0.05, 0) is 41.8 Å². The molecule has 6 nitrogen and oxygen atoms in total. The highest BCUT2D eigenvalue weighted by atomic mass is 32.1. The number of fused-ring (bicyclic) bond motifs is 1. The zero-order chi connectivity index (χ0) is 17.2. The molecule has 0 radical (unpaired) electrons. The number of thiophene rings is 1.